The van der Waals surface area contributed by atoms with Crippen LogP contribution in [0.5, 0.6) is 11.5 Å². The fraction of sp³-hybridized carbons (Fsp3) is 0.172. The van der Waals surface area contributed by atoms with E-state index >= 15 is 0 Å². The lowest BCUT2D eigenvalue weighted by Gasteiger charge is -2.14. The summed E-state index contributed by atoms with van der Waals surface area (Å²) in [6.45, 7) is 0.398. The van der Waals surface area contributed by atoms with Crippen molar-refractivity contribution >= 4 is 48.0 Å². The molecular weight excluding hydrogens is 476 g/mol. The van der Waals surface area contributed by atoms with Crippen LogP contribution in [-0.2, 0) is 11.1 Å². The van der Waals surface area contributed by atoms with Crippen LogP contribution in [0.2, 0.25) is 0 Å². The maximum atomic E-state index is 10.9. The first kappa shape index (κ1) is 26.8. The zero-order chi connectivity index (χ0) is 25.8. The van der Waals surface area contributed by atoms with E-state index in [1.165, 1.54) is 0 Å². The van der Waals surface area contributed by atoms with E-state index in [2.05, 4.69) is 0 Å². The smallest absolute Gasteiger partial charge is 0.152 e. The van der Waals surface area contributed by atoms with Crippen LogP contribution in [0, 0.1) is 0 Å². The third-order valence-electron chi connectivity index (χ3n) is 5.39. The van der Waals surface area contributed by atoms with Crippen molar-refractivity contribution in [1.82, 2.24) is 0 Å². The molecule has 1 atom stereocenters. The Morgan fingerprint density at radius 3 is 1.67 bits per heavy atom. The lowest BCUT2D eigenvalue weighted by atomic mass is 10.0. The Labute approximate surface area is 213 Å². The van der Waals surface area contributed by atoms with Crippen LogP contribution >= 0.6 is 0 Å². The molecule has 36 heavy (non-hydrogen) atoms. The minimum atomic E-state index is -1.81. The van der Waals surface area contributed by atoms with Crippen LogP contribution in [0.25, 0.3) is 24.3 Å². The van der Waals surface area contributed by atoms with Crippen molar-refractivity contribution in [3.05, 3.63) is 94.0 Å². The molecule has 3 aromatic rings. The first-order valence-corrected chi connectivity index (χ1v) is 12.7. The third kappa shape index (κ3) is 8.15. The van der Waals surface area contributed by atoms with Crippen LogP contribution in [0.1, 0.15) is 55.8 Å². The van der Waals surface area contributed by atoms with Gasteiger partial charge in [-0.05, 0) is 36.1 Å². The molecule has 0 saturated carbocycles. The summed E-state index contributed by atoms with van der Waals surface area (Å²) in [5.74, 6) is 1.53. The molecule has 0 fully saturated rings. The second-order valence-corrected chi connectivity index (χ2v) is 9.00. The maximum absolute atomic E-state index is 10.9. The minimum absolute atomic E-state index is 0.215. The summed E-state index contributed by atoms with van der Waals surface area (Å²) >= 11 is -1.81. The van der Waals surface area contributed by atoms with Gasteiger partial charge in [0, 0.05) is 28.0 Å². The molecule has 6 nitrogen and oxygen atoms in total. The second kappa shape index (κ2) is 13.9. The van der Waals surface area contributed by atoms with E-state index in [1.807, 2.05) is 60.7 Å². The normalized spacial score (nSPS) is 12.1. The van der Waals surface area contributed by atoms with E-state index < -0.39 is 11.1 Å². The van der Waals surface area contributed by atoms with Gasteiger partial charge in [-0.3, -0.25) is 9.59 Å². The molecule has 186 valence electrons. The number of benzene rings is 3. The molecule has 0 heterocycles. The van der Waals surface area contributed by atoms with Gasteiger partial charge in [0.15, 0.2) is 11.1 Å². The van der Waals surface area contributed by atoms with Crippen LogP contribution < -0.4 is 9.47 Å². The van der Waals surface area contributed by atoms with E-state index in [1.54, 1.807) is 31.4 Å². The first-order chi connectivity index (χ1) is 17.5. The van der Waals surface area contributed by atoms with Gasteiger partial charge in [-0.15, -0.1) is 0 Å². The average molecular weight is 505 g/mol. The van der Waals surface area contributed by atoms with Gasteiger partial charge >= 0.3 is 0 Å². The third-order valence-corrected chi connectivity index (χ3v) is 6.03. The Hall–Kier alpha value is -3.81. The van der Waals surface area contributed by atoms with E-state index in [9.17, 15) is 13.8 Å². The van der Waals surface area contributed by atoms with Gasteiger partial charge in [0.25, 0.3) is 0 Å². The molecule has 0 amide bonds. The molecule has 0 aliphatic heterocycles. The average Bonchev–Trinajstić information content (AvgIpc) is 2.91. The van der Waals surface area contributed by atoms with Gasteiger partial charge in [-0.2, -0.15) is 0 Å². The Balaban J connectivity index is 1.88. The number of unbranched alkanes of at least 4 members (excludes halogenated alkanes) is 1. The summed E-state index contributed by atoms with van der Waals surface area (Å²) in [6, 6.07) is 18.3. The van der Waals surface area contributed by atoms with Crippen molar-refractivity contribution in [3.63, 3.8) is 0 Å². The molecule has 3 rings (SSSR count). The van der Waals surface area contributed by atoms with E-state index in [4.69, 9.17) is 14.0 Å². The number of ether oxygens (including phenoxy) is 2. The molecule has 0 bridgehead atoms. The van der Waals surface area contributed by atoms with Gasteiger partial charge in [-0.25, -0.2) is 4.21 Å². The number of aldehydes is 2. The Bertz CT molecular complexity index is 1240. The van der Waals surface area contributed by atoms with Crippen molar-refractivity contribution in [2.24, 2.45) is 0 Å². The molecule has 0 saturated heterocycles. The molecule has 3 aromatic carbocycles. The number of carbonyl (C=O) groups excluding carboxylic acids is 2. The predicted octanol–water partition coefficient (Wildman–Crippen LogP) is 6.04. The van der Waals surface area contributed by atoms with Crippen LogP contribution in [0.15, 0.2) is 60.7 Å². The first-order valence-electron chi connectivity index (χ1n) is 11.4. The Morgan fingerprint density at radius 1 is 0.722 bits per heavy atom. The van der Waals surface area contributed by atoms with Crippen molar-refractivity contribution < 1.29 is 27.8 Å². The molecule has 1 N–H and O–H groups in total. The zero-order valence-corrected chi connectivity index (χ0v) is 20.8. The number of hydrogen-bond acceptors (Lipinski definition) is 5. The van der Waals surface area contributed by atoms with Crippen LogP contribution in [0.4, 0.5) is 0 Å². The summed E-state index contributed by atoms with van der Waals surface area (Å²) in [5.41, 5.74) is 4.71. The van der Waals surface area contributed by atoms with E-state index in [0.29, 0.717) is 42.1 Å². The summed E-state index contributed by atoms with van der Waals surface area (Å²) in [4.78, 5) is 21.8. The minimum Gasteiger partial charge on any atom is -0.496 e. The van der Waals surface area contributed by atoms with Crippen molar-refractivity contribution in [2.75, 3.05) is 19.5 Å². The molecule has 0 aliphatic carbocycles. The van der Waals surface area contributed by atoms with Gasteiger partial charge in [-0.1, -0.05) is 72.8 Å². The van der Waals surface area contributed by atoms with E-state index in [0.717, 1.165) is 34.8 Å². The Kier molecular flexibility index (Phi) is 10.4. The van der Waals surface area contributed by atoms with Gasteiger partial charge in [0.2, 0.25) is 0 Å². The lowest BCUT2D eigenvalue weighted by molar-refractivity contribution is 0.111. The Morgan fingerprint density at radius 2 is 1.19 bits per heavy atom. The fourth-order valence-corrected chi connectivity index (χ4v) is 3.86. The molecular formula is C29H28O6S. The van der Waals surface area contributed by atoms with Gasteiger partial charge < -0.3 is 14.0 Å². The number of carbonyl (C=O) groups is 2. The lowest BCUT2D eigenvalue weighted by Crippen LogP contribution is -2.03. The molecule has 0 aliphatic rings. The summed E-state index contributed by atoms with van der Waals surface area (Å²) < 4.78 is 31.5. The highest BCUT2D eigenvalue weighted by Gasteiger charge is 2.09. The standard InChI is InChI=1S/C29H28O6S/c1-34-28-18-27(15-13-23-6-10-25(21-31)11-7-23)29(35-16-2-3-17-36(32)33)19-26(28)14-12-22-4-8-24(20-30)9-5-22/h4-15,18-21H,2-3,16-17H2,1H3,(H,32,33)/b14-12+,15-13+. The largest absolute Gasteiger partial charge is 0.496 e. The zero-order valence-electron chi connectivity index (χ0n) is 20.0. The van der Waals surface area contributed by atoms with E-state index in [-0.39, 0.29) is 5.75 Å². The van der Waals surface area contributed by atoms with Gasteiger partial charge in [0.05, 0.1) is 13.7 Å². The van der Waals surface area contributed by atoms with Gasteiger partial charge in [0.1, 0.15) is 24.1 Å². The number of methoxy groups -OCH3 is 1. The molecule has 1 unspecified atom stereocenters. The summed E-state index contributed by atoms with van der Waals surface area (Å²) in [7, 11) is 1.60. The topological polar surface area (TPSA) is 89.9 Å². The number of rotatable bonds is 13. The highest BCUT2D eigenvalue weighted by atomic mass is 32.2. The molecule has 0 aromatic heterocycles. The number of hydrogen-bond donors (Lipinski definition) is 1. The molecule has 7 heteroatoms. The van der Waals surface area contributed by atoms with Crippen LogP contribution in [-0.4, -0.2) is 40.8 Å². The van der Waals surface area contributed by atoms with Crippen molar-refractivity contribution in [1.29, 1.82) is 0 Å². The second-order valence-electron chi connectivity index (χ2n) is 7.95. The maximum Gasteiger partial charge on any atom is 0.152 e. The fourth-order valence-electron chi connectivity index (χ4n) is 3.41. The summed E-state index contributed by atoms with van der Waals surface area (Å²) in [6.07, 6.45) is 10.5. The van der Waals surface area contributed by atoms with Crippen molar-refractivity contribution in [3.8, 4) is 11.5 Å². The molecule has 0 spiro atoms. The highest BCUT2D eigenvalue weighted by molar-refractivity contribution is 7.79. The summed E-state index contributed by atoms with van der Waals surface area (Å²) in [5, 5.41) is 0. The quantitative estimate of drug-likeness (QED) is 0.132. The molecule has 0 radical (unpaired) electrons. The van der Waals surface area contributed by atoms with Crippen molar-refractivity contribution in [2.45, 2.75) is 12.8 Å². The highest BCUT2D eigenvalue weighted by Crippen LogP contribution is 2.32. The monoisotopic (exact) mass is 504 g/mol. The van der Waals surface area contributed by atoms with Crippen LogP contribution in [0.3, 0.4) is 0 Å². The predicted molar refractivity (Wildman–Crippen MR) is 145 cm³/mol. The SMILES string of the molecule is COc1cc(/C=C/c2ccc(C=O)cc2)c(OCCCCS(=O)O)cc1/C=C/c1ccc(C=O)cc1.